The Kier molecular flexibility index (Phi) is 5.99. The van der Waals surface area contributed by atoms with Crippen LogP contribution in [0.2, 0.25) is 0 Å². The predicted molar refractivity (Wildman–Crippen MR) is 102 cm³/mol. The molecule has 0 aliphatic carbocycles. The number of aryl methyl sites for hydroxylation is 1. The summed E-state index contributed by atoms with van der Waals surface area (Å²) in [5, 5.41) is 8.71. The van der Waals surface area contributed by atoms with Gasteiger partial charge in [0.25, 0.3) is 5.91 Å². The molecule has 0 saturated heterocycles. The summed E-state index contributed by atoms with van der Waals surface area (Å²) in [6.45, 7) is 3.45. The summed E-state index contributed by atoms with van der Waals surface area (Å²) in [5.74, 6) is 0.0560. The molecule has 0 aliphatic heterocycles. The lowest BCUT2D eigenvalue weighted by atomic mass is 10.3. The van der Waals surface area contributed by atoms with Gasteiger partial charge >= 0.3 is 0 Å². The van der Waals surface area contributed by atoms with Gasteiger partial charge in [0.15, 0.2) is 0 Å². The molecular formula is C17H21ClN4OS. The molecule has 24 heavy (non-hydrogen) atoms. The molecule has 5 nitrogen and oxygen atoms in total. The summed E-state index contributed by atoms with van der Waals surface area (Å²) in [6.07, 6.45) is 0. The fourth-order valence-corrected chi connectivity index (χ4v) is 3.64. The predicted octanol–water partition coefficient (Wildman–Crippen LogP) is 3.11. The van der Waals surface area contributed by atoms with Crippen LogP contribution in [0.1, 0.15) is 15.4 Å². The highest BCUT2D eigenvalue weighted by molar-refractivity contribution is 7.20. The van der Waals surface area contributed by atoms with Crippen LogP contribution in [0.3, 0.4) is 0 Å². The Balaban J connectivity index is 0.00000208. The van der Waals surface area contributed by atoms with Gasteiger partial charge in [0, 0.05) is 25.5 Å². The molecule has 1 aromatic carbocycles. The summed E-state index contributed by atoms with van der Waals surface area (Å²) in [7, 11) is 3.72. The second-order valence-corrected chi connectivity index (χ2v) is 6.52. The van der Waals surface area contributed by atoms with E-state index in [0.29, 0.717) is 6.54 Å². The smallest absolute Gasteiger partial charge is 0.263 e. The molecule has 0 unspecified atom stereocenters. The van der Waals surface area contributed by atoms with Crippen molar-refractivity contribution in [1.82, 2.24) is 20.0 Å². The van der Waals surface area contributed by atoms with Crippen LogP contribution in [0.15, 0.2) is 36.4 Å². The summed E-state index contributed by atoms with van der Waals surface area (Å²) in [5.41, 5.74) is 1.95. The van der Waals surface area contributed by atoms with Gasteiger partial charge in [0.05, 0.1) is 16.3 Å². The zero-order chi connectivity index (χ0) is 16.4. The van der Waals surface area contributed by atoms with Gasteiger partial charge in [-0.2, -0.15) is 5.10 Å². The van der Waals surface area contributed by atoms with E-state index in [4.69, 9.17) is 0 Å². The number of fused-ring (bicyclic) bond motifs is 1. The monoisotopic (exact) mass is 364 g/mol. The molecule has 2 aromatic heterocycles. The molecule has 3 rings (SSSR count). The minimum absolute atomic E-state index is 0. The number of benzene rings is 1. The van der Waals surface area contributed by atoms with Crippen LogP contribution >= 0.6 is 23.7 Å². The molecule has 128 valence electrons. The van der Waals surface area contributed by atoms with Crippen molar-refractivity contribution in [2.24, 2.45) is 0 Å². The van der Waals surface area contributed by atoms with E-state index in [0.717, 1.165) is 33.0 Å². The van der Waals surface area contributed by atoms with Crippen LogP contribution in [-0.2, 0) is 0 Å². The van der Waals surface area contributed by atoms with Gasteiger partial charge in [-0.3, -0.25) is 4.79 Å². The number of para-hydroxylation sites is 1. The third-order valence-electron chi connectivity index (χ3n) is 3.80. The molecule has 1 amide bonds. The van der Waals surface area contributed by atoms with Crippen molar-refractivity contribution in [3.63, 3.8) is 0 Å². The molecule has 0 atom stereocenters. The number of thiophene rings is 1. The summed E-state index contributed by atoms with van der Waals surface area (Å²) in [4.78, 5) is 16.1. The normalized spacial score (nSPS) is 10.6. The fourth-order valence-electron chi connectivity index (χ4n) is 2.47. The Hall–Kier alpha value is -1.89. The van der Waals surface area contributed by atoms with E-state index in [1.165, 1.54) is 11.3 Å². The highest BCUT2D eigenvalue weighted by atomic mass is 35.5. The number of likely N-dealkylation sites (N-methyl/N-ethyl adjacent to an activating group) is 2. The van der Waals surface area contributed by atoms with Crippen LogP contribution in [0, 0.1) is 6.92 Å². The Morgan fingerprint density at radius 3 is 2.71 bits per heavy atom. The zero-order valence-corrected chi connectivity index (χ0v) is 15.6. The van der Waals surface area contributed by atoms with Crippen molar-refractivity contribution in [3.05, 3.63) is 47.0 Å². The van der Waals surface area contributed by atoms with Crippen LogP contribution in [0.5, 0.6) is 0 Å². The second-order valence-electron chi connectivity index (χ2n) is 5.49. The quantitative estimate of drug-likeness (QED) is 0.756. The molecular weight excluding hydrogens is 344 g/mol. The van der Waals surface area contributed by atoms with E-state index < -0.39 is 0 Å². The van der Waals surface area contributed by atoms with Crippen molar-refractivity contribution in [3.8, 4) is 5.69 Å². The first-order valence-corrected chi connectivity index (χ1v) is 8.38. The SMILES string of the molecule is CNCCN(C)C(=O)c1cc2c(C)nn(-c3ccccc3)c2s1.Cl. The molecule has 0 saturated carbocycles. The van der Waals surface area contributed by atoms with E-state index in [2.05, 4.69) is 10.4 Å². The van der Waals surface area contributed by atoms with Crippen LogP contribution in [0.25, 0.3) is 15.9 Å². The van der Waals surface area contributed by atoms with Gasteiger partial charge in [-0.25, -0.2) is 4.68 Å². The minimum Gasteiger partial charge on any atom is -0.340 e. The maximum Gasteiger partial charge on any atom is 0.263 e. The molecule has 3 aromatic rings. The van der Waals surface area contributed by atoms with E-state index >= 15 is 0 Å². The molecule has 2 heterocycles. The maximum absolute atomic E-state index is 12.6. The first-order chi connectivity index (χ1) is 11.1. The lowest BCUT2D eigenvalue weighted by Gasteiger charge is -2.15. The number of hydrogen-bond acceptors (Lipinski definition) is 4. The number of nitrogens with zero attached hydrogens (tertiary/aromatic N) is 3. The highest BCUT2D eigenvalue weighted by Gasteiger charge is 2.19. The zero-order valence-electron chi connectivity index (χ0n) is 13.9. The number of halogens is 1. The fraction of sp³-hybridized carbons (Fsp3) is 0.294. The number of nitrogens with one attached hydrogen (secondary N) is 1. The van der Waals surface area contributed by atoms with Gasteiger partial charge in [-0.1, -0.05) is 18.2 Å². The van der Waals surface area contributed by atoms with Gasteiger partial charge in [-0.15, -0.1) is 23.7 Å². The topological polar surface area (TPSA) is 50.2 Å². The Bertz CT molecular complexity index is 828. The number of carbonyl (C=O) groups is 1. The van der Waals surface area contributed by atoms with Crippen molar-refractivity contribution >= 4 is 39.9 Å². The van der Waals surface area contributed by atoms with Crippen LogP contribution in [0.4, 0.5) is 0 Å². The first kappa shape index (κ1) is 18.4. The minimum atomic E-state index is 0. The van der Waals surface area contributed by atoms with Crippen LogP contribution in [-0.4, -0.2) is 47.8 Å². The van der Waals surface area contributed by atoms with Gasteiger partial charge in [0.2, 0.25) is 0 Å². The van der Waals surface area contributed by atoms with Gasteiger partial charge < -0.3 is 10.2 Å². The average Bonchev–Trinajstić information content (AvgIpc) is 3.13. The van der Waals surface area contributed by atoms with Crippen molar-refractivity contribution in [2.75, 3.05) is 27.2 Å². The van der Waals surface area contributed by atoms with Crippen LogP contribution < -0.4 is 5.32 Å². The van der Waals surface area contributed by atoms with Crippen molar-refractivity contribution in [2.45, 2.75) is 6.92 Å². The number of aromatic nitrogens is 2. The van der Waals surface area contributed by atoms with Crippen molar-refractivity contribution in [1.29, 1.82) is 0 Å². The largest absolute Gasteiger partial charge is 0.340 e. The van der Waals surface area contributed by atoms with E-state index in [-0.39, 0.29) is 18.3 Å². The Morgan fingerprint density at radius 2 is 2.04 bits per heavy atom. The molecule has 0 aliphatic rings. The second kappa shape index (κ2) is 7.79. The summed E-state index contributed by atoms with van der Waals surface area (Å²) < 4.78 is 1.92. The number of rotatable bonds is 5. The van der Waals surface area contributed by atoms with E-state index in [1.54, 1.807) is 4.90 Å². The average molecular weight is 365 g/mol. The van der Waals surface area contributed by atoms with E-state index in [9.17, 15) is 4.79 Å². The van der Waals surface area contributed by atoms with E-state index in [1.807, 2.05) is 62.1 Å². The number of carbonyl (C=O) groups excluding carboxylic acids is 1. The standard InChI is InChI=1S/C17H20N4OS.ClH/c1-12-14-11-15(16(22)20(3)10-9-18-2)23-17(14)21(19-12)13-7-5-4-6-8-13;/h4-8,11,18H,9-10H2,1-3H3;1H. The Morgan fingerprint density at radius 1 is 1.33 bits per heavy atom. The summed E-state index contributed by atoms with van der Waals surface area (Å²) >= 11 is 1.50. The van der Waals surface area contributed by atoms with Gasteiger partial charge in [0.1, 0.15) is 4.83 Å². The molecule has 0 bridgehead atoms. The third-order valence-corrected chi connectivity index (χ3v) is 4.90. The van der Waals surface area contributed by atoms with Gasteiger partial charge in [-0.05, 0) is 32.2 Å². The molecule has 0 spiro atoms. The molecule has 7 heteroatoms. The van der Waals surface area contributed by atoms with Crippen molar-refractivity contribution < 1.29 is 4.79 Å². The summed E-state index contributed by atoms with van der Waals surface area (Å²) in [6, 6.07) is 12.0. The molecule has 0 radical (unpaired) electrons. The maximum atomic E-state index is 12.6. The lowest BCUT2D eigenvalue weighted by Crippen LogP contribution is -2.32. The highest BCUT2D eigenvalue weighted by Crippen LogP contribution is 2.30. The lowest BCUT2D eigenvalue weighted by molar-refractivity contribution is 0.0801. The Labute approximate surface area is 151 Å². The molecule has 1 N–H and O–H groups in total. The first-order valence-electron chi connectivity index (χ1n) is 7.56. The number of hydrogen-bond donors (Lipinski definition) is 1. The number of amides is 1. The third kappa shape index (κ3) is 3.45. The molecule has 0 fully saturated rings.